The lowest BCUT2D eigenvalue weighted by atomic mass is 10.2. The number of rotatable bonds is 7. The van der Waals surface area contributed by atoms with Gasteiger partial charge in [-0.05, 0) is 38.4 Å². The molecule has 25 heavy (non-hydrogen) atoms. The molecule has 0 bridgehead atoms. The highest BCUT2D eigenvalue weighted by Gasteiger charge is 2.19. The van der Waals surface area contributed by atoms with Crippen molar-refractivity contribution in [1.29, 1.82) is 0 Å². The van der Waals surface area contributed by atoms with Crippen molar-refractivity contribution in [3.05, 3.63) is 48.3 Å². The van der Waals surface area contributed by atoms with Gasteiger partial charge in [-0.1, -0.05) is 37.3 Å². The number of hydrogen-bond acceptors (Lipinski definition) is 4. The summed E-state index contributed by atoms with van der Waals surface area (Å²) in [5.74, 6) is 0.600. The second-order valence-electron chi connectivity index (χ2n) is 6.47. The Balaban J connectivity index is 1.72. The summed E-state index contributed by atoms with van der Waals surface area (Å²) in [5, 5.41) is 0. The number of carbonyl (C=O) groups is 1. The van der Waals surface area contributed by atoms with Crippen LogP contribution < -0.4 is 0 Å². The first-order valence-electron chi connectivity index (χ1n) is 9.18. The number of carbonyl (C=O) groups excluding carboxylic acids is 1. The van der Waals surface area contributed by atoms with E-state index < -0.39 is 0 Å². The Bertz CT molecular complexity index is 683. The number of hydrogen-bond donors (Lipinski definition) is 0. The van der Waals surface area contributed by atoms with Gasteiger partial charge in [0.25, 0.3) is 5.91 Å². The lowest BCUT2D eigenvalue weighted by Crippen LogP contribution is -2.38. The Labute approximate surface area is 149 Å². The van der Waals surface area contributed by atoms with Crippen LogP contribution in [0.5, 0.6) is 0 Å². The summed E-state index contributed by atoms with van der Waals surface area (Å²) in [6.45, 7) is 6.88. The summed E-state index contributed by atoms with van der Waals surface area (Å²) in [7, 11) is 0. The zero-order valence-electron chi connectivity index (χ0n) is 14.9. The molecule has 3 rings (SSSR count). The molecule has 5 heteroatoms. The fourth-order valence-electron chi connectivity index (χ4n) is 3.22. The van der Waals surface area contributed by atoms with Crippen molar-refractivity contribution >= 4 is 5.91 Å². The van der Waals surface area contributed by atoms with E-state index in [9.17, 15) is 4.79 Å². The summed E-state index contributed by atoms with van der Waals surface area (Å²) in [6.07, 6.45) is 5.16. The van der Waals surface area contributed by atoms with Gasteiger partial charge in [0.05, 0.1) is 0 Å². The maximum atomic E-state index is 12.9. The van der Waals surface area contributed by atoms with Crippen LogP contribution in [-0.4, -0.2) is 58.4 Å². The first kappa shape index (κ1) is 17.5. The molecule has 2 aromatic rings. The summed E-state index contributed by atoms with van der Waals surface area (Å²) < 4.78 is 0. The average molecular weight is 338 g/mol. The third-order valence-electron chi connectivity index (χ3n) is 4.57. The van der Waals surface area contributed by atoms with E-state index in [1.807, 2.05) is 35.2 Å². The van der Waals surface area contributed by atoms with Gasteiger partial charge >= 0.3 is 0 Å². The normalized spacial score (nSPS) is 14.6. The van der Waals surface area contributed by atoms with Gasteiger partial charge in [0.2, 0.25) is 0 Å². The number of benzene rings is 1. The highest BCUT2D eigenvalue weighted by atomic mass is 16.2. The van der Waals surface area contributed by atoms with Crippen LogP contribution in [0.15, 0.2) is 42.6 Å². The van der Waals surface area contributed by atoms with E-state index in [-0.39, 0.29) is 5.91 Å². The molecule has 1 amide bonds. The van der Waals surface area contributed by atoms with Crippen molar-refractivity contribution in [2.45, 2.75) is 26.2 Å². The Kier molecular flexibility index (Phi) is 6.12. The SMILES string of the molecule is CCCN(CCN1CCCC1)C(=O)c1ccnc(-c2ccccc2)n1. The molecule has 1 aliphatic heterocycles. The average Bonchev–Trinajstić information content (AvgIpc) is 3.19. The molecule has 1 aromatic heterocycles. The van der Waals surface area contributed by atoms with E-state index in [4.69, 9.17) is 0 Å². The van der Waals surface area contributed by atoms with Crippen LogP contribution in [-0.2, 0) is 0 Å². The molecule has 0 saturated carbocycles. The number of aromatic nitrogens is 2. The van der Waals surface area contributed by atoms with Crippen molar-refractivity contribution in [3.63, 3.8) is 0 Å². The zero-order chi connectivity index (χ0) is 17.5. The van der Waals surface area contributed by atoms with Gasteiger partial charge in [-0.3, -0.25) is 4.79 Å². The molecule has 5 nitrogen and oxygen atoms in total. The molecule has 1 aromatic carbocycles. The van der Waals surface area contributed by atoms with Crippen LogP contribution in [0.25, 0.3) is 11.4 Å². The summed E-state index contributed by atoms with van der Waals surface area (Å²) >= 11 is 0. The molecule has 2 heterocycles. The van der Waals surface area contributed by atoms with Gasteiger partial charge in [0, 0.05) is 31.4 Å². The molecular formula is C20H26N4O. The third kappa shape index (κ3) is 4.63. The predicted molar refractivity (Wildman–Crippen MR) is 99.3 cm³/mol. The van der Waals surface area contributed by atoms with Gasteiger partial charge in [0.1, 0.15) is 5.69 Å². The topological polar surface area (TPSA) is 49.3 Å². The predicted octanol–water partition coefficient (Wildman–Crippen LogP) is 3.09. The molecule has 0 aliphatic carbocycles. The van der Waals surface area contributed by atoms with Gasteiger partial charge in [-0.2, -0.15) is 0 Å². The van der Waals surface area contributed by atoms with Gasteiger partial charge in [-0.15, -0.1) is 0 Å². The maximum Gasteiger partial charge on any atom is 0.272 e. The van der Waals surface area contributed by atoms with Crippen LogP contribution in [0.4, 0.5) is 0 Å². The Morgan fingerprint density at radius 3 is 2.60 bits per heavy atom. The molecule has 1 saturated heterocycles. The van der Waals surface area contributed by atoms with E-state index >= 15 is 0 Å². The van der Waals surface area contributed by atoms with Crippen LogP contribution in [0.3, 0.4) is 0 Å². The van der Waals surface area contributed by atoms with Crippen molar-refractivity contribution in [1.82, 2.24) is 19.8 Å². The maximum absolute atomic E-state index is 12.9. The molecule has 0 atom stereocenters. The van der Waals surface area contributed by atoms with Crippen molar-refractivity contribution in [3.8, 4) is 11.4 Å². The van der Waals surface area contributed by atoms with Crippen LogP contribution in [0.1, 0.15) is 36.7 Å². The minimum Gasteiger partial charge on any atom is -0.336 e. The second-order valence-corrected chi connectivity index (χ2v) is 6.47. The number of likely N-dealkylation sites (tertiary alicyclic amines) is 1. The first-order chi connectivity index (χ1) is 12.3. The molecule has 0 radical (unpaired) electrons. The quantitative estimate of drug-likeness (QED) is 0.778. The highest BCUT2D eigenvalue weighted by molar-refractivity contribution is 5.92. The van der Waals surface area contributed by atoms with Crippen LogP contribution in [0.2, 0.25) is 0 Å². The molecule has 1 fully saturated rings. The first-order valence-corrected chi connectivity index (χ1v) is 9.18. The highest BCUT2D eigenvalue weighted by Crippen LogP contribution is 2.15. The lowest BCUT2D eigenvalue weighted by molar-refractivity contribution is 0.0734. The molecule has 0 spiro atoms. The lowest BCUT2D eigenvalue weighted by Gasteiger charge is -2.25. The Morgan fingerprint density at radius 2 is 1.88 bits per heavy atom. The monoisotopic (exact) mass is 338 g/mol. The summed E-state index contributed by atoms with van der Waals surface area (Å²) in [4.78, 5) is 26.1. The van der Waals surface area contributed by atoms with Crippen molar-refractivity contribution < 1.29 is 4.79 Å². The largest absolute Gasteiger partial charge is 0.336 e. The van der Waals surface area contributed by atoms with Crippen LogP contribution in [0, 0.1) is 0 Å². The van der Waals surface area contributed by atoms with Crippen LogP contribution >= 0.6 is 0 Å². The second kappa shape index (κ2) is 8.72. The van der Waals surface area contributed by atoms with Crippen molar-refractivity contribution in [2.24, 2.45) is 0 Å². The van der Waals surface area contributed by atoms with Crippen molar-refractivity contribution in [2.75, 3.05) is 32.7 Å². The van der Waals surface area contributed by atoms with E-state index in [1.54, 1.807) is 12.3 Å². The molecule has 132 valence electrons. The Hall–Kier alpha value is -2.27. The molecule has 0 unspecified atom stereocenters. The van der Waals surface area contributed by atoms with E-state index in [0.29, 0.717) is 11.5 Å². The summed E-state index contributed by atoms with van der Waals surface area (Å²) in [5.41, 5.74) is 1.40. The third-order valence-corrected chi connectivity index (χ3v) is 4.57. The fourth-order valence-corrected chi connectivity index (χ4v) is 3.22. The smallest absolute Gasteiger partial charge is 0.272 e. The molecule has 0 N–H and O–H groups in total. The standard InChI is InChI=1S/C20H26N4O/c1-2-12-24(16-15-23-13-6-7-14-23)20(25)18-10-11-21-19(22-18)17-8-4-3-5-9-17/h3-5,8-11H,2,6-7,12-16H2,1H3. The zero-order valence-corrected chi connectivity index (χ0v) is 14.9. The van der Waals surface area contributed by atoms with Gasteiger partial charge in [-0.25, -0.2) is 9.97 Å². The van der Waals surface area contributed by atoms with Gasteiger partial charge < -0.3 is 9.80 Å². The van der Waals surface area contributed by atoms with E-state index in [1.165, 1.54) is 12.8 Å². The van der Waals surface area contributed by atoms with Gasteiger partial charge in [0.15, 0.2) is 5.82 Å². The fraction of sp³-hybridized carbons (Fsp3) is 0.450. The number of amides is 1. The summed E-state index contributed by atoms with van der Waals surface area (Å²) in [6, 6.07) is 11.5. The molecule has 1 aliphatic rings. The number of nitrogens with zero attached hydrogens (tertiary/aromatic N) is 4. The van der Waals surface area contributed by atoms with E-state index in [0.717, 1.165) is 44.7 Å². The Morgan fingerprint density at radius 1 is 1.12 bits per heavy atom. The van der Waals surface area contributed by atoms with E-state index in [2.05, 4.69) is 21.8 Å². The minimum absolute atomic E-state index is 0.000582. The minimum atomic E-state index is 0.000582. The molecular weight excluding hydrogens is 312 g/mol.